The number of esters is 1. The van der Waals surface area contributed by atoms with Crippen molar-refractivity contribution in [2.75, 3.05) is 13.7 Å². The van der Waals surface area contributed by atoms with Gasteiger partial charge in [-0.25, -0.2) is 4.79 Å². The maximum absolute atomic E-state index is 11.2. The minimum absolute atomic E-state index is 0.351. The van der Waals surface area contributed by atoms with Crippen LogP contribution in [0.5, 0.6) is 5.75 Å². The van der Waals surface area contributed by atoms with E-state index in [9.17, 15) is 9.59 Å². The average molecular weight is 250 g/mol. The second kappa shape index (κ2) is 8.28. The summed E-state index contributed by atoms with van der Waals surface area (Å²) in [6, 6.07) is 6.84. The van der Waals surface area contributed by atoms with Crippen LogP contribution in [0.2, 0.25) is 0 Å². The summed E-state index contributed by atoms with van der Waals surface area (Å²) in [6.07, 6.45) is 4.37. The Balaban J connectivity index is 2.26. The fraction of sp³-hybridized carbons (Fsp3) is 0.429. The average Bonchev–Trinajstić information content (AvgIpc) is 2.42. The van der Waals surface area contributed by atoms with Crippen molar-refractivity contribution in [2.24, 2.45) is 0 Å². The molecule has 0 bridgehead atoms. The van der Waals surface area contributed by atoms with Crippen LogP contribution in [0.4, 0.5) is 0 Å². The molecular formula is C14H18O4. The number of methoxy groups -OCH3 is 1. The van der Waals surface area contributed by atoms with Gasteiger partial charge in [0.25, 0.3) is 0 Å². The van der Waals surface area contributed by atoms with Gasteiger partial charge in [0.05, 0.1) is 19.3 Å². The fourth-order valence-corrected chi connectivity index (χ4v) is 1.50. The molecule has 0 N–H and O–H groups in total. The van der Waals surface area contributed by atoms with E-state index in [2.05, 4.69) is 4.74 Å². The molecule has 18 heavy (non-hydrogen) atoms. The summed E-state index contributed by atoms with van der Waals surface area (Å²) in [5.41, 5.74) is 0.510. The van der Waals surface area contributed by atoms with Crippen LogP contribution in [0, 0.1) is 0 Å². The van der Waals surface area contributed by atoms with E-state index in [0.29, 0.717) is 18.6 Å². The predicted octanol–water partition coefficient (Wildman–Crippen LogP) is 2.61. The molecule has 1 rings (SSSR count). The maximum atomic E-state index is 11.2. The zero-order chi connectivity index (χ0) is 13.2. The number of hydrogen-bond donors (Lipinski definition) is 0. The van der Waals surface area contributed by atoms with Crippen LogP contribution in [-0.2, 0) is 9.53 Å². The van der Waals surface area contributed by atoms with Crippen molar-refractivity contribution in [3.8, 4) is 5.75 Å². The number of carbonyl (C=O) groups is 2. The molecule has 1 aromatic carbocycles. The molecule has 0 saturated heterocycles. The summed E-state index contributed by atoms with van der Waals surface area (Å²) < 4.78 is 10.1. The molecule has 4 nitrogen and oxygen atoms in total. The standard InChI is InChI=1S/C14H18O4/c1-17-14(16)12-6-8-13(9-7-12)18-11-5-3-2-4-10-15/h6-10H,2-5,11H2,1H3. The molecule has 0 aromatic heterocycles. The van der Waals surface area contributed by atoms with E-state index in [1.54, 1.807) is 24.3 Å². The lowest BCUT2D eigenvalue weighted by molar-refractivity contribution is -0.107. The van der Waals surface area contributed by atoms with E-state index in [-0.39, 0.29) is 5.97 Å². The monoisotopic (exact) mass is 250 g/mol. The quantitative estimate of drug-likeness (QED) is 0.404. The molecule has 0 unspecified atom stereocenters. The summed E-state index contributed by atoms with van der Waals surface area (Å²) in [4.78, 5) is 21.3. The molecule has 0 aliphatic heterocycles. The van der Waals surface area contributed by atoms with Crippen LogP contribution in [0.25, 0.3) is 0 Å². The van der Waals surface area contributed by atoms with Crippen molar-refractivity contribution in [2.45, 2.75) is 25.7 Å². The van der Waals surface area contributed by atoms with Crippen molar-refractivity contribution < 1.29 is 19.1 Å². The van der Waals surface area contributed by atoms with Gasteiger partial charge < -0.3 is 14.3 Å². The predicted molar refractivity (Wildman–Crippen MR) is 67.8 cm³/mol. The Hall–Kier alpha value is -1.84. The summed E-state index contributed by atoms with van der Waals surface area (Å²) in [7, 11) is 1.35. The van der Waals surface area contributed by atoms with Gasteiger partial charge in [-0.1, -0.05) is 0 Å². The topological polar surface area (TPSA) is 52.6 Å². The normalized spacial score (nSPS) is 9.83. The molecule has 0 heterocycles. The number of carbonyl (C=O) groups excluding carboxylic acids is 2. The van der Waals surface area contributed by atoms with E-state index in [0.717, 1.165) is 31.3 Å². The molecule has 0 radical (unpaired) electrons. The third kappa shape index (κ3) is 4.99. The van der Waals surface area contributed by atoms with Gasteiger partial charge in [-0.05, 0) is 43.5 Å². The van der Waals surface area contributed by atoms with Crippen LogP contribution in [0.1, 0.15) is 36.0 Å². The fourth-order valence-electron chi connectivity index (χ4n) is 1.50. The van der Waals surface area contributed by atoms with Crippen LogP contribution >= 0.6 is 0 Å². The van der Waals surface area contributed by atoms with Crippen molar-refractivity contribution in [1.29, 1.82) is 0 Å². The second-order valence-electron chi connectivity index (χ2n) is 3.88. The number of unbranched alkanes of at least 4 members (excludes halogenated alkanes) is 3. The highest BCUT2D eigenvalue weighted by atomic mass is 16.5. The molecule has 0 amide bonds. The van der Waals surface area contributed by atoms with Gasteiger partial charge in [-0.3, -0.25) is 0 Å². The van der Waals surface area contributed by atoms with E-state index in [1.807, 2.05) is 0 Å². The van der Waals surface area contributed by atoms with Gasteiger partial charge in [0.15, 0.2) is 0 Å². The Kier molecular flexibility index (Phi) is 6.54. The highest BCUT2D eigenvalue weighted by Crippen LogP contribution is 2.13. The van der Waals surface area contributed by atoms with E-state index >= 15 is 0 Å². The first-order valence-corrected chi connectivity index (χ1v) is 6.02. The molecule has 0 spiro atoms. The molecule has 4 heteroatoms. The molecule has 1 aromatic rings. The van der Waals surface area contributed by atoms with E-state index in [4.69, 9.17) is 4.74 Å². The van der Waals surface area contributed by atoms with Gasteiger partial charge in [0.1, 0.15) is 12.0 Å². The zero-order valence-electron chi connectivity index (χ0n) is 10.6. The Morgan fingerprint density at radius 3 is 2.50 bits per heavy atom. The van der Waals surface area contributed by atoms with Crippen molar-refractivity contribution >= 4 is 12.3 Å². The van der Waals surface area contributed by atoms with E-state index < -0.39 is 0 Å². The lowest BCUT2D eigenvalue weighted by Crippen LogP contribution is -2.01. The minimum atomic E-state index is -0.351. The summed E-state index contributed by atoms with van der Waals surface area (Å²) >= 11 is 0. The van der Waals surface area contributed by atoms with Gasteiger partial charge in [-0.2, -0.15) is 0 Å². The van der Waals surface area contributed by atoms with Crippen LogP contribution < -0.4 is 4.74 Å². The lowest BCUT2D eigenvalue weighted by Gasteiger charge is -2.06. The van der Waals surface area contributed by atoms with Gasteiger partial charge >= 0.3 is 5.97 Å². The first kappa shape index (κ1) is 14.2. The molecule has 0 saturated carbocycles. The lowest BCUT2D eigenvalue weighted by atomic mass is 10.2. The molecule has 0 fully saturated rings. The molecule has 0 aliphatic carbocycles. The van der Waals surface area contributed by atoms with Crippen molar-refractivity contribution in [1.82, 2.24) is 0 Å². The Morgan fingerprint density at radius 2 is 1.89 bits per heavy atom. The van der Waals surface area contributed by atoms with Crippen molar-refractivity contribution in [3.05, 3.63) is 29.8 Å². The van der Waals surface area contributed by atoms with Crippen LogP contribution in [0.15, 0.2) is 24.3 Å². The maximum Gasteiger partial charge on any atom is 0.337 e. The Bertz CT molecular complexity index is 370. The van der Waals surface area contributed by atoms with Crippen LogP contribution in [0.3, 0.4) is 0 Å². The first-order valence-electron chi connectivity index (χ1n) is 6.02. The van der Waals surface area contributed by atoms with Crippen LogP contribution in [-0.4, -0.2) is 26.0 Å². The van der Waals surface area contributed by atoms with E-state index in [1.165, 1.54) is 7.11 Å². The summed E-state index contributed by atoms with van der Waals surface area (Å²) in [5, 5.41) is 0. The Morgan fingerprint density at radius 1 is 1.17 bits per heavy atom. The van der Waals surface area contributed by atoms with Gasteiger partial charge in [0.2, 0.25) is 0 Å². The minimum Gasteiger partial charge on any atom is -0.494 e. The third-order valence-corrected chi connectivity index (χ3v) is 2.51. The number of benzene rings is 1. The number of ether oxygens (including phenoxy) is 2. The molecule has 0 atom stereocenters. The second-order valence-corrected chi connectivity index (χ2v) is 3.88. The van der Waals surface area contributed by atoms with Crippen molar-refractivity contribution in [3.63, 3.8) is 0 Å². The molecule has 98 valence electrons. The highest BCUT2D eigenvalue weighted by Gasteiger charge is 2.04. The largest absolute Gasteiger partial charge is 0.494 e. The molecular weight excluding hydrogens is 232 g/mol. The first-order chi connectivity index (χ1) is 8.77. The smallest absolute Gasteiger partial charge is 0.337 e. The number of aldehydes is 1. The van der Waals surface area contributed by atoms with Gasteiger partial charge in [0, 0.05) is 6.42 Å². The molecule has 0 aliphatic rings. The highest BCUT2D eigenvalue weighted by molar-refractivity contribution is 5.89. The Labute approximate surface area is 107 Å². The summed E-state index contributed by atoms with van der Waals surface area (Å²) in [6.45, 7) is 0.621. The van der Waals surface area contributed by atoms with Gasteiger partial charge in [-0.15, -0.1) is 0 Å². The number of rotatable bonds is 8. The summed E-state index contributed by atoms with van der Waals surface area (Å²) in [5.74, 6) is 0.383. The SMILES string of the molecule is COC(=O)c1ccc(OCCCCCC=O)cc1. The third-order valence-electron chi connectivity index (χ3n) is 2.51. The number of hydrogen-bond acceptors (Lipinski definition) is 4. The zero-order valence-corrected chi connectivity index (χ0v) is 10.6.